The van der Waals surface area contributed by atoms with Gasteiger partial charge in [-0.25, -0.2) is 0 Å². The van der Waals surface area contributed by atoms with Crippen molar-refractivity contribution in [3.63, 3.8) is 0 Å². The molecule has 0 saturated heterocycles. The average Bonchev–Trinajstić information content (AvgIpc) is 2.36. The Balaban J connectivity index is 2.58. The van der Waals surface area contributed by atoms with Gasteiger partial charge in [0.1, 0.15) is 5.75 Å². The van der Waals surface area contributed by atoms with E-state index in [1.54, 1.807) is 0 Å². The Morgan fingerprint density at radius 2 is 1.74 bits per heavy atom. The van der Waals surface area contributed by atoms with Crippen molar-refractivity contribution >= 4 is 0 Å². The maximum Gasteiger partial charge on any atom is 0.573 e. The van der Waals surface area contributed by atoms with Crippen LogP contribution in [-0.4, -0.2) is 18.5 Å². The van der Waals surface area contributed by atoms with Gasteiger partial charge < -0.3 is 15.2 Å². The van der Waals surface area contributed by atoms with Crippen LogP contribution in [0.1, 0.15) is 25.8 Å². The molecule has 0 spiro atoms. The number of ether oxygens (including phenoxy) is 2. The van der Waals surface area contributed by atoms with Crippen molar-refractivity contribution in [3.8, 4) is 5.75 Å². The van der Waals surface area contributed by atoms with Crippen molar-refractivity contribution in [1.29, 1.82) is 0 Å². The second kappa shape index (κ2) is 6.25. The van der Waals surface area contributed by atoms with Crippen LogP contribution in [0.15, 0.2) is 24.3 Å². The monoisotopic (exact) mass is 277 g/mol. The van der Waals surface area contributed by atoms with E-state index >= 15 is 0 Å². The lowest BCUT2D eigenvalue weighted by atomic mass is 10.0. The first-order chi connectivity index (χ1) is 8.78. The van der Waals surface area contributed by atoms with Gasteiger partial charge in [0.15, 0.2) is 0 Å². The van der Waals surface area contributed by atoms with Gasteiger partial charge in [-0.1, -0.05) is 19.1 Å². The summed E-state index contributed by atoms with van der Waals surface area (Å²) in [6.45, 7) is 4.55. The van der Waals surface area contributed by atoms with E-state index in [1.165, 1.54) is 24.3 Å². The fraction of sp³-hybridized carbons (Fsp3) is 0.538. The molecule has 0 saturated carbocycles. The van der Waals surface area contributed by atoms with Gasteiger partial charge >= 0.3 is 6.36 Å². The number of alkyl halides is 3. The summed E-state index contributed by atoms with van der Waals surface area (Å²) in [4.78, 5) is 0. The molecule has 6 heteroatoms. The predicted molar refractivity (Wildman–Crippen MR) is 65.7 cm³/mol. The van der Waals surface area contributed by atoms with Crippen LogP contribution in [0.5, 0.6) is 5.75 Å². The summed E-state index contributed by atoms with van der Waals surface area (Å²) in [6.07, 6.45) is -3.91. The highest BCUT2D eigenvalue weighted by atomic mass is 19.4. The molecule has 1 unspecified atom stereocenters. The molecule has 0 radical (unpaired) electrons. The smallest absolute Gasteiger partial charge is 0.406 e. The zero-order valence-electron chi connectivity index (χ0n) is 11.0. The van der Waals surface area contributed by atoms with Crippen molar-refractivity contribution in [1.82, 2.24) is 0 Å². The van der Waals surface area contributed by atoms with Crippen molar-refractivity contribution in [2.45, 2.75) is 38.8 Å². The van der Waals surface area contributed by atoms with Gasteiger partial charge in [-0.3, -0.25) is 0 Å². The number of benzene rings is 1. The normalized spacial score (nSPS) is 15.1. The fourth-order valence-electron chi connectivity index (χ4n) is 1.35. The molecule has 1 aromatic carbocycles. The molecule has 0 fully saturated rings. The maximum absolute atomic E-state index is 12.0. The molecule has 0 heterocycles. The molecule has 108 valence electrons. The number of rotatable bonds is 6. The van der Waals surface area contributed by atoms with Gasteiger partial charge in [0.25, 0.3) is 0 Å². The summed E-state index contributed by atoms with van der Waals surface area (Å²) < 4.78 is 45.4. The maximum atomic E-state index is 12.0. The van der Waals surface area contributed by atoms with Crippen molar-refractivity contribution in [2.24, 2.45) is 5.73 Å². The van der Waals surface area contributed by atoms with Gasteiger partial charge in [-0.05, 0) is 31.0 Å². The Bertz CT molecular complexity index is 386. The van der Waals surface area contributed by atoms with Crippen LogP contribution in [0.4, 0.5) is 13.2 Å². The van der Waals surface area contributed by atoms with Crippen LogP contribution >= 0.6 is 0 Å². The molecule has 0 bridgehead atoms. The lowest BCUT2D eigenvalue weighted by molar-refractivity contribution is -0.274. The van der Waals surface area contributed by atoms with Gasteiger partial charge in [0.05, 0.1) is 12.2 Å². The minimum atomic E-state index is -4.67. The molecule has 0 aliphatic carbocycles. The lowest BCUT2D eigenvalue weighted by Gasteiger charge is -2.27. The molecule has 0 amide bonds. The van der Waals surface area contributed by atoms with E-state index in [9.17, 15) is 13.2 Å². The van der Waals surface area contributed by atoms with E-state index in [0.717, 1.165) is 12.0 Å². The summed E-state index contributed by atoms with van der Waals surface area (Å²) in [5.74, 6) is -0.242. The van der Waals surface area contributed by atoms with Gasteiger partial charge in [-0.2, -0.15) is 0 Å². The SMILES string of the molecule is CCC(C)(CN)OCc1ccc(OC(F)(F)F)cc1. The summed E-state index contributed by atoms with van der Waals surface area (Å²) in [5.41, 5.74) is 5.96. The molecule has 0 aromatic heterocycles. The Labute approximate surface area is 110 Å². The molecular formula is C13H18F3NO2. The van der Waals surface area contributed by atoms with E-state index in [4.69, 9.17) is 10.5 Å². The first-order valence-corrected chi connectivity index (χ1v) is 5.97. The van der Waals surface area contributed by atoms with E-state index in [1.807, 2.05) is 13.8 Å². The number of hydrogen-bond donors (Lipinski definition) is 1. The molecular weight excluding hydrogens is 259 g/mol. The van der Waals surface area contributed by atoms with Crippen molar-refractivity contribution in [2.75, 3.05) is 6.54 Å². The highest BCUT2D eigenvalue weighted by Crippen LogP contribution is 2.23. The first kappa shape index (κ1) is 15.8. The van der Waals surface area contributed by atoms with Gasteiger partial charge in [0, 0.05) is 6.54 Å². The van der Waals surface area contributed by atoms with E-state index < -0.39 is 12.0 Å². The highest BCUT2D eigenvalue weighted by Gasteiger charge is 2.31. The molecule has 19 heavy (non-hydrogen) atoms. The quantitative estimate of drug-likeness (QED) is 0.868. The molecule has 2 N–H and O–H groups in total. The van der Waals surface area contributed by atoms with E-state index in [2.05, 4.69) is 4.74 Å². The molecule has 1 atom stereocenters. The van der Waals surface area contributed by atoms with Crippen LogP contribution in [-0.2, 0) is 11.3 Å². The third-order valence-electron chi connectivity index (χ3n) is 2.92. The summed E-state index contributed by atoms with van der Waals surface area (Å²) in [5, 5.41) is 0. The van der Waals surface area contributed by atoms with Crippen LogP contribution < -0.4 is 10.5 Å². The lowest BCUT2D eigenvalue weighted by Crippen LogP contribution is -2.36. The standard InChI is InChI=1S/C13H18F3NO2/c1-3-12(2,9-17)18-8-10-4-6-11(7-5-10)19-13(14,15)16/h4-7H,3,8-9,17H2,1-2H3. The largest absolute Gasteiger partial charge is 0.573 e. The zero-order chi connectivity index (χ0) is 14.5. The van der Waals surface area contributed by atoms with Crippen LogP contribution in [0.2, 0.25) is 0 Å². The predicted octanol–water partition coefficient (Wildman–Crippen LogP) is 3.23. The average molecular weight is 277 g/mol. The topological polar surface area (TPSA) is 44.5 Å². The van der Waals surface area contributed by atoms with Crippen molar-refractivity contribution in [3.05, 3.63) is 29.8 Å². The van der Waals surface area contributed by atoms with Crippen LogP contribution in [0.25, 0.3) is 0 Å². The van der Waals surface area contributed by atoms with Crippen molar-refractivity contribution < 1.29 is 22.6 Å². The molecule has 3 nitrogen and oxygen atoms in total. The van der Waals surface area contributed by atoms with E-state index in [-0.39, 0.29) is 5.75 Å². The molecule has 1 aromatic rings. The molecule has 1 rings (SSSR count). The third-order valence-corrected chi connectivity index (χ3v) is 2.92. The second-order valence-electron chi connectivity index (χ2n) is 4.49. The second-order valence-corrected chi connectivity index (χ2v) is 4.49. The highest BCUT2D eigenvalue weighted by molar-refractivity contribution is 5.27. The summed E-state index contributed by atoms with van der Waals surface area (Å²) in [6, 6.07) is 5.59. The van der Waals surface area contributed by atoms with Crippen LogP contribution in [0, 0.1) is 0 Å². The van der Waals surface area contributed by atoms with Gasteiger partial charge in [0.2, 0.25) is 0 Å². The number of halogens is 3. The Morgan fingerprint density at radius 1 is 1.16 bits per heavy atom. The Morgan fingerprint density at radius 3 is 2.16 bits per heavy atom. The molecule has 0 aliphatic rings. The molecule has 0 aliphatic heterocycles. The zero-order valence-corrected chi connectivity index (χ0v) is 11.0. The Kier molecular flexibility index (Phi) is 5.20. The first-order valence-electron chi connectivity index (χ1n) is 5.97. The van der Waals surface area contributed by atoms with Crippen LogP contribution in [0.3, 0.4) is 0 Å². The summed E-state index contributed by atoms with van der Waals surface area (Å²) >= 11 is 0. The Hall–Kier alpha value is -1.27. The number of hydrogen-bond acceptors (Lipinski definition) is 3. The summed E-state index contributed by atoms with van der Waals surface area (Å²) in [7, 11) is 0. The minimum absolute atomic E-state index is 0.242. The fourth-order valence-corrected chi connectivity index (χ4v) is 1.35. The van der Waals surface area contributed by atoms with Gasteiger partial charge in [-0.15, -0.1) is 13.2 Å². The minimum Gasteiger partial charge on any atom is -0.406 e. The third kappa shape index (κ3) is 5.48. The van der Waals surface area contributed by atoms with E-state index in [0.29, 0.717) is 13.2 Å². The number of nitrogens with two attached hydrogens (primary N) is 1.